The standard InChI is InChI=1S/C17H22ClN3O3/c18-14-5-6-15(16(12-14)21(23)24)19-7-9-20(10-8-19)17(22)11-13-3-1-2-4-13/h5-6,12-13H,1-4,7-11H2. The fraction of sp³-hybridized carbons (Fsp3) is 0.588. The topological polar surface area (TPSA) is 66.7 Å². The second-order valence-electron chi connectivity index (χ2n) is 6.61. The van der Waals surface area contributed by atoms with Crippen molar-refractivity contribution in [1.82, 2.24) is 4.90 Å². The maximum Gasteiger partial charge on any atom is 0.294 e. The molecular weight excluding hydrogens is 330 g/mol. The molecule has 1 aliphatic heterocycles. The molecule has 1 saturated carbocycles. The molecule has 0 bridgehead atoms. The van der Waals surface area contributed by atoms with Crippen molar-refractivity contribution >= 4 is 28.9 Å². The van der Waals surface area contributed by atoms with Crippen LogP contribution in [0.5, 0.6) is 0 Å². The highest BCUT2D eigenvalue weighted by Crippen LogP contribution is 2.32. The van der Waals surface area contributed by atoms with Crippen molar-refractivity contribution in [2.24, 2.45) is 5.92 Å². The molecule has 130 valence electrons. The quantitative estimate of drug-likeness (QED) is 0.615. The summed E-state index contributed by atoms with van der Waals surface area (Å²) in [5.74, 6) is 0.778. The Bertz CT molecular complexity index is 624. The van der Waals surface area contributed by atoms with Crippen LogP contribution in [0, 0.1) is 16.0 Å². The van der Waals surface area contributed by atoms with E-state index in [0.29, 0.717) is 49.2 Å². The summed E-state index contributed by atoms with van der Waals surface area (Å²) < 4.78 is 0. The average Bonchev–Trinajstić information content (AvgIpc) is 3.08. The van der Waals surface area contributed by atoms with Gasteiger partial charge in [0.25, 0.3) is 5.69 Å². The zero-order chi connectivity index (χ0) is 17.1. The Hall–Kier alpha value is -1.82. The summed E-state index contributed by atoms with van der Waals surface area (Å²) in [5, 5.41) is 11.6. The highest BCUT2D eigenvalue weighted by molar-refractivity contribution is 6.30. The van der Waals surface area contributed by atoms with E-state index < -0.39 is 4.92 Å². The molecule has 0 atom stereocenters. The van der Waals surface area contributed by atoms with Gasteiger partial charge < -0.3 is 9.80 Å². The number of nitrogens with zero attached hydrogens (tertiary/aromatic N) is 3. The lowest BCUT2D eigenvalue weighted by atomic mass is 10.0. The number of amides is 1. The number of piperazine rings is 1. The number of nitro benzene ring substituents is 1. The second-order valence-corrected chi connectivity index (χ2v) is 7.05. The van der Waals surface area contributed by atoms with Crippen LogP contribution in [0.1, 0.15) is 32.1 Å². The number of carbonyl (C=O) groups is 1. The molecule has 0 spiro atoms. The van der Waals surface area contributed by atoms with Crippen molar-refractivity contribution < 1.29 is 9.72 Å². The van der Waals surface area contributed by atoms with Crippen LogP contribution in [0.25, 0.3) is 0 Å². The first-order valence-corrected chi connectivity index (χ1v) is 8.89. The number of hydrogen-bond donors (Lipinski definition) is 0. The first-order valence-electron chi connectivity index (χ1n) is 8.51. The Morgan fingerprint density at radius 3 is 2.50 bits per heavy atom. The minimum Gasteiger partial charge on any atom is -0.362 e. The summed E-state index contributed by atoms with van der Waals surface area (Å²) in [6.45, 7) is 2.45. The number of carbonyl (C=O) groups excluding carboxylic acids is 1. The summed E-state index contributed by atoms with van der Waals surface area (Å²) in [5.41, 5.74) is 0.598. The van der Waals surface area contributed by atoms with E-state index in [9.17, 15) is 14.9 Å². The molecule has 6 nitrogen and oxygen atoms in total. The molecule has 1 amide bonds. The summed E-state index contributed by atoms with van der Waals surface area (Å²) in [6, 6.07) is 4.74. The lowest BCUT2D eigenvalue weighted by Gasteiger charge is -2.36. The summed E-state index contributed by atoms with van der Waals surface area (Å²) in [4.78, 5) is 27.1. The van der Waals surface area contributed by atoms with Gasteiger partial charge in [0.1, 0.15) is 5.69 Å². The van der Waals surface area contributed by atoms with E-state index in [4.69, 9.17) is 11.6 Å². The molecule has 2 fully saturated rings. The second kappa shape index (κ2) is 7.38. The molecule has 3 rings (SSSR count). The molecule has 0 radical (unpaired) electrons. The Labute approximate surface area is 146 Å². The van der Waals surface area contributed by atoms with E-state index in [1.807, 2.05) is 9.80 Å². The molecule has 7 heteroatoms. The largest absolute Gasteiger partial charge is 0.362 e. The van der Waals surface area contributed by atoms with Crippen LogP contribution in [-0.2, 0) is 4.79 Å². The third-order valence-electron chi connectivity index (χ3n) is 5.05. The number of anilines is 1. The molecule has 1 saturated heterocycles. The Kier molecular flexibility index (Phi) is 5.23. The van der Waals surface area contributed by atoms with Crippen LogP contribution in [-0.4, -0.2) is 41.9 Å². The van der Waals surface area contributed by atoms with Crippen molar-refractivity contribution in [3.63, 3.8) is 0 Å². The Morgan fingerprint density at radius 2 is 1.88 bits per heavy atom. The summed E-state index contributed by atoms with van der Waals surface area (Å²) in [7, 11) is 0. The van der Waals surface area contributed by atoms with Crippen molar-refractivity contribution in [2.45, 2.75) is 32.1 Å². The number of hydrogen-bond acceptors (Lipinski definition) is 4. The Morgan fingerprint density at radius 1 is 1.21 bits per heavy atom. The summed E-state index contributed by atoms with van der Waals surface area (Å²) >= 11 is 5.87. The highest BCUT2D eigenvalue weighted by Gasteiger charge is 2.27. The highest BCUT2D eigenvalue weighted by atomic mass is 35.5. The van der Waals surface area contributed by atoms with Gasteiger partial charge in [0.05, 0.1) is 4.92 Å². The van der Waals surface area contributed by atoms with Gasteiger partial charge in [-0.05, 0) is 30.9 Å². The molecule has 0 N–H and O–H groups in total. The molecule has 1 aliphatic carbocycles. The first-order chi connectivity index (χ1) is 11.5. The van der Waals surface area contributed by atoms with Gasteiger partial charge in [0.2, 0.25) is 5.91 Å². The van der Waals surface area contributed by atoms with Crippen molar-refractivity contribution in [1.29, 1.82) is 0 Å². The number of halogens is 1. The number of rotatable bonds is 4. The van der Waals surface area contributed by atoms with Crippen LogP contribution in [0.4, 0.5) is 11.4 Å². The van der Waals surface area contributed by atoms with Gasteiger partial charge in [-0.3, -0.25) is 14.9 Å². The molecule has 24 heavy (non-hydrogen) atoms. The third kappa shape index (κ3) is 3.80. The number of nitro groups is 1. The van der Waals surface area contributed by atoms with E-state index in [0.717, 1.165) is 0 Å². The molecule has 1 aromatic carbocycles. The molecule has 0 unspecified atom stereocenters. The molecular formula is C17H22ClN3O3. The smallest absolute Gasteiger partial charge is 0.294 e. The van der Waals surface area contributed by atoms with Gasteiger partial charge in [0, 0.05) is 43.7 Å². The van der Waals surface area contributed by atoms with E-state index in [1.165, 1.54) is 31.7 Å². The van der Waals surface area contributed by atoms with E-state index in [2.05, 4.69) is 0 Å². The third-order valence-corrected chi connectivity index (χ3v) is 5.28. The van der Waals surface area contributed by atoms with Crippen LogP contribution in [0.2, 0.25) is 5.02 Å². The van der Waals surface area contributed by atoms with Crippen molar-refractivity contribution in [2.75, 3.05) is 31.1 Å². The maximum absolute atomic E-state index is 12.4. The van der Waals surface area contributed by atoms with Crippen LogP contribution < -0.4 is 4.90 Å². The number of benzene rings is 1. The minimum absolute atomic E-state index is 0.0215. The van der Waals surface area contributed by atoms with Gasteiger partial charge in [-0.15, -0.1) is 0 Å². The van der Waals surface area contributed by atoms with Crippen LogP contribution in [0.3, 0.4) is 0 Å². The van der Waals surface area contributed by atoms with Crippen molar-refractivity contribution in [3.8, 4) is 0 Å². The zero-order valence-corrected chi connectivity index (χ0v) is 14.4. The molecule has 2 aliphatic rings. The van der Waals surface area contributed by atoms with Gasteiger partial charge >= 0.3 is 0 Å². The van der Waals surface area contributed by atoms with E-state index in [1.54, 1.807) is 12.1 Å². The zero-order valence-electron chi connectivity index (χ0n) is 13.6. The molecule has 1 heterocycles. The average molecular weight is 352 g/mol. The molecule has 0 aromatic heterocycles. The minimum atomic E-state index is -0.404. The van der Waals surface area contributed by atoms with Gasteiger partial charge in [-0.2, -0.15) is 0 Å². The SMILES string of the molecule is O=C(CC1CCCC1)N1CCN(c2ccc(Cl)cc2[N+](=O)[O-])CC1. The van der Waals surface area contributed by atoms with E-state index in [-0.39, 0.29) is 11.6 Å². The fourth-order valence-corrected chi connectivity index (χ4v) is 3.86. The fourth-order valence-electron chi connectivity index (χ4n) is 3.70. The molecule has 1 aromatic rings. The predicted molar refractivity (Wildman–Crippen MR) is 93.5 cm³/mol. The normalized spacial score (nSPS) is 18.9. The first kappa shape index (κ1) is 17.0. The lowest BCUT2D eigenvalue weighted by Crippen LogP contribution is -2.49. The van der Waals surface area contributed by atoms with Gasteiger partial charge in [0.15, 0.2) is 0 Å². The lowest BCUT2D eigenvalue weighted by molar-refractivity contribution is -0.384. The van der Waals surface area contributed by atoms with Gasteiger partial charge in [-0.25, -0.2) is 0 Å². The Balaban J connectivity index is 1.60. The maximum atomic E-state index is 12.4. The summed E-state index contributed by atoms with van der Waals surface area (Å²) in [6.07, 6.45) is 5.48. The van der Waals surface area contributed by atoms with Gasteiger partial charge in [-0.1, -0.05) is 24.4 Å². The predicted octanol–water partition coefficient (Wildman–Crippen LogP) is 3.48. The van der Waals surface area contributed by atoms with E-state index >= 15 is 0 Å². The van der Waals surface area contributed by atoms with Crippen LogP contribution in [0.15, 0.2) is 18.2 Å². The monoisotopic (exact) mass is 351 g/mol. The van der Waals surface area contributed by atoms with Crippen LogP contribution >= 0.6 is 11.6 Å². The van der Waals surface area contributed by atoms with Crippen molar-refractivity contribution in [3.05, 3.63) is 33.3 Å².